The molecule has 0 amide bonds. The zero-order valence-electron chi connectivity index (χ0n) is 10.3. The van der Waals surface area contributed by atoms with E-state index in [9.17, 15) is 4.79 Å². The third-order valence-corrected chi connectivity index (χ3v) is 3.09. The summed E-state index contributed by atoms with van der Waals surface area (Å²) in [4.78, 5) is 16.4. The molecule has 0 unspecified atom stereocenters. The zero-order chi connectivity index (χ0) is 13.1. The number of benzene rings is 1. The number of fused-ring (bicyclic) bond motifs is 1. The highest BCUT2D eigenvalue weighted by atomic mass is 79.9. The highest BCUT2D eigenvalue weighted by Gasteiger charge is 2.14. The van der Waals surface area contributed by atoms with E-state index in [0.29, 0.717) is 10.2 Å². The molecule has 0 saturated carbocycles. The number of pyridine rings is 1. The van der Waals surface area contributed by atoms with Crippen molar-refractivity contribution >= 4 is 32.6 Å². The quantitative estimate of drug-likeness (QED) is 0.810. The van der Waals surface area contributed by atoms with Gasteiger partial charge in [-0.3, -0.25) is 4.79 Å². The predicted octanol–water partition coefficient (Wildman–Crippen LogP) is 3.61. The molecule has 0 N–H and O–H groups in total. The molecule has 1 aromatic carbocycles. The lowest BCUT2D eigenvalue weighted by Crippen LogP contribution is -2.15. The molecule has 2 aromatic rings. The van der Waals surface area contributed by atoms with Crippen molar-refractivity contribution in [3.8, 4) is 0 Å². The van der Waals surface area contributed by atoms with E-state index in [-0.39, 0.29) is 18.5 Å². The highest BCUT2D eigenvalue weighted by molar-refractivity contribution is 9.10. The van der Waals surface area contributed by atoms with E-state index >= 15 is 0 Å². The van der Waals surface area contributed by atoms with Crippen LogP contribution in [0.25, 0.3) is 10.9 Å². The molecule has 0 aliphatic heterocycles. The van der Waals surface area contributed by atoms with Gasteiger partial charge in [0.1, 0.15) is 12.3 Å². The number of para-hydroxylation sites is 1. The maximum absolute atomic E-state index is 12.0. The van der Waals surface area contributed by atoms with Gasteiger partial charge in [0.25, 0.3) is 0 Å². The minimum absolute atomic E-state index is 0.0354. The summed E-state index contributed by atoms with van der Waals surface area (Å²) in [5, 5.41) is 1.01. The van der Waals surface area contributed by atoms with Crippen molar-refractivity contribution in [1.29, 1.82) is 0 Å². The smallest absolute Gasteiger partial charge is 0.207 e. The first-order chi connectivity index (χ1) is 8.58. The molecular weight excluding hydrogens is 294 g/mol. The summed E-state index contributed by atoms with van der Waals surface area (Å²) in [6, 6.07) is 9.61. The molecule has 1 heterocycles. The first-order valence-corrected chi connectivity index (χ1v) is 6.57. The van der Waals surface area contributed by atoms with Crippen LogP contribution in [0, 0.1) is 0 Å². The van der Waals surface area contributed by atoms with Gasteiger partial charge in [-0.25, -0.2) is 4.98 Å². The molecule has 0 fully saturated rings. The molecule has 0 radical (unpaired) electrons. The Morgan fingerprint density at radius 3 is 2.83 bits per heavy atom. The fourth-order valence-electron chi connectivity index (χ4n) is 1.60. The molecule has 1 aromatic heterocycles. The second kappa shape index (κ2) is 5.59. The van der Waals surface area contributed by atoms with Gasteiger partial charge < -0.3 is 4.74 Å². The van der Waals surface area contributed by atoms with Gasteiger partial charge in [-0.2, -0.15) is 0 Å². The predicted molar refractivity (Wildman–Crippen MR) is 74.9 cm³/mol. The Kier molecular flexibility index (Phi) is 4.09. The fourth-order valence-corrected chi connectivity index (χ4v) is 2.15. The van der Waals surface area contributed by atoms with Crippen LogP contribution >= 0.6 is 15.9 Å². The maximum Gasteiger partial charge on any atom is 0.207 e. The van der Waals surface area contributed by atoms with E-state index in [0.717, 1.165) is 10.9 Å². The molecule has 18 heavy (non-hydrogen) atoms. The highest BCUT2D eigenvalue weighted by Crippen LogP contribution is 2.21. The van der Waals surface area contributed by atoms with E-state index in [1.165, 1.54) is 0 Å². The first kappa shape index (κ1) is 13.2. The molecule has 0 spiro atoms. The summed E-state index contributed by atoms with van der Waals surface area (Å²) < 4.78 is 6.02. The van der Waals surface area contributed by atoms with E-state index in [4.69, 9.17) is 4.74 Å². The van der Waals surface area contributed by atoms with Crippen LogP contribution in [0.1, 0.15) is 24.3 Å². The van der Waals surface area contributed by atoms with Gasteiger partial charge in [-0.1, -0.05) is 18.2 Å². The number of Topliss-reactive ketones (excluding diaryl/α,β-unsaturated/α-hetero) is 1. The average Bonchev–Trinajstić information content (AvgIpc) is 2.35. The van der Waals surface area contributed by atoms with Gasteiger partial charge >= 0.3 is 0 Å². The van der Waals surface area contributed by atoms with E-state index in [1.54, 1.807) is 0 Å². The van der Waals surface area contributed by atoms with Crippen LogP contribution in [0.15, 0.2) is 34.8 Å². The Bertz CT molecular complexity index is 581. The zero-order valence-corrected chi connectivity index (χ0v) is 11.9. The fraction of sp³-hybridized carbons (Fsp3) is 0.286. The molecule has 0 aliphatic carbocycles. The van der Waals surface area contributed by atoms with Crippen LogP contribution in [0.4, 0.5) is 0 Å². The monoisotopic (exact) mass is 307 g/mol. The molecule has 2 rings (SSSR count). The Morgan fingerprint density at radius 2 is 2.11 bits per heavy atom. The topological polar surface area (TPSA) is 39.2 Å². The summed E-state index contributed by atoms with van der Waals surface area (Å²) in [6.45, 7) is 3.86. The Morgan fingerprint density at radius 1 is 1.39 bits per heavy atom. The SMILES string of the molecule is CC(C)OCC(=O)c1nc2ccccc2cc1Br. The summed E-state index contributed by atoms with van der Waals surface area (Å²) in [5.74, 6) is -0.110. The lowest BCUT2D eigenvalue weighted by atomic mass is 10.2. The van der Waals surface area contributed by atoms with Crippen LogP contribution in [-0.4, -0.2) is 23.5 Å². The van der Waals surface area contributed by atoms with Crippen LogP contribution < -0.4 is 0 Å². The van der Waals surface area contributed by atoms with Crippen LogP contribution in [-0.2, 0) is 4.74 Å². The lowest BCUT2D eigenvalue weighted by Gasteiger charge is -2.08. The summed E-state index contributed by atoms with van der Waals surface area (Å²) in [6.07, 6.45) is 0.0354. The van der Waals surface area contributed by atoms with E-state index in [2.05, 4.69) is 20.9 Å². The van der Waals surface area contributed by atoms with Gasteiger partial charge in [0.2, 0.25) is 5.78 Å². The normalized spacial score (nSPS) is 11.1. The number of aromatic nitrogens is 1. The van der Waals surface area contributed by atoms with Gasteiger partial charge in [0.05, 0.1) is 11.6 Å². The Balaban J connectivity index is 2.32. The maximum atomic E-state index is 12.0. The largest absolute Gasteiger partial charge is 0.371 e. The minimum atomic E-state index is -0.110. The number of nitrogens with zero attached hydrogens (tertiary/aromatic N) is 1. The Labute approximate surface area is 114 Å². The van der Waals surface area contributed by atoms with Crippen LogP contribution in [0.2, 0.25) is 0 Å². The van der Waals surface area contributed by atoms with Gasteiger partial charge in [0.15, 0.2) is 0 Å². The minimum Gasteiger partial charge on any atom is -0.371 e. The van der Waals surface area contributed by atoms with Crippen molar-refractivity contribution in [2.45, 2.75) is 20.0 Å². The molecule has 0 aliphatic rings. The number of carbonyl (C=O) groups is 1. The van der Waals surface area contributed by atoms with Crippen molar-refractivity contribution in [3.63, 3.8) is 0 Å². The van der Waals surface area contributed by atoms with E-state index in [1.807, 2.05) is 44.2 Å². The second-order valence-electron chi connectivity index (χ2n) is 4.29. The standard InChI is InChI=1S/C14H14BrNO2/c1-9(2)18-8-13(17)14-11(15)7-10-5-3-4-6-12(10)16-14/h3-7,9H,8H2,1-2H3. The van der Waals surface area contributed by atoms with Crippen molar-refractivity contribution in [2.75, 3.05) is 6.61 Å². The van der Waals surface area contributed by atoms with Gasteiger partial charge in [-0.05, 0) is 41.9 Å². The first-order valence-electron chi connectivity index (χ1n) is 5.78. The number of hydrogen-bond acceptors (Lipinski definition) is 3. The van der Waals surface area contributed by atoms with Crippen molar-refractivity contribution in [2.24, 2.45) is 0 Å². The summed E-state index contributed by atoms with van der Waals surface area (Å²) >= 11 is 3.39. The molecule has 0 atom stereocenters. The molecule has 94 valence electrons. The third kappa shape index (κ3) is 2.94. The molecule has 0 bridgehead atoms. The van der Waals surface area contributed by atoms with Crippen molar-refractivity contribution in [1.82, 2.24) is 4.98 Å². The van der Waals surface area contributed by atoms with Crippen LogP contribution in [0.5, 0.6) is 0 Å². The number of ketones is 1. The summed E-state index contributed by atoms with van der Waals surface area (Å²) in [5.41, 5.74) is 1.24. The number of rotatable bonds is 4. The van der Waals surface area contributed by atoms with Gasteiger partial charge in [-0.15, -0.1) is 0 Å². The van der Waals surface area contributed by atoms with Gasteiger partial charge in [0, 0.05) is 9.86 Å². The van der Waals surface area contributed by atoms with E-state index < -0.39 is 0 Å². The third-order valence-electron chi connectivity index (χ3n) is 2.49. The Hall–Kier alpha value is -1.26. The average molecular weight is 308 g/mol. The van der Waals surface area contributed by atoms with Crippen molar-refractivity contribution < 1.29 is 9.53 Å². The number of halogens is 1. The van der Waals surface area contributed by atoms with Crippen molar-refractivity contribution in [3.05, 3.63) is 40.5 Å². The number of ether oxygens (including phenoxy) is 1. The molecule has 4 heteroatoms. The number of hydrogen-bond donors (Lipinski definition) is 0. The number of carbonyl (C=O) groups excluding carboxylic acids is 1. The molecule has 3 nitrogen and oxygen atoms in total. The summed E-state index contributed by atoms with van der Waals surface area (Å²) in [7, 11) is 0. The molecule has 0 saturated heterocycles. The molecular formula is C14H14BrNO2. The second-order valence-corrected chi connectivity index (χ2v) is 5.15. The van der Waals surface area contributed by atoms with Crippen LogP contribution in [0.3, 0.4) is 0 Å². The lowest BCUT2D eigenvalue weighted by molar-refractivity contribution is 0.0580.